The quantitative estimate of drug-likeness (QED) is 0.383. The summed E-state index contributed by atoms with van der Waals surface area (Å²) in [5.74, 6) is 0.966. The maximum Gasteiger partial charge on any atom is 0.0647 e. The second kappa shape index (κ2) is 7.70. The fourth-order valence-corrected chi connectivity index (χ4v) is 1.90. The molecule has 0 aromatic carbocycles. The van der Waals surface area contributed by atoms with Crippen LogP contribution < -0.4 is 5.43 Å². The summed E-state index contributed by atoms with van der Waals surface area (Å²) in [4.78, 5) is 0. The summed E-state index contributed by atoms with van der Waals surface area (Å²) in [6.45, 7) is 11.5. The molecule has 0 amide bonds. The van der Waals surface area contributed by atoms with Gasteiger partial charge in [-0.2, -0.15) is 5.10 Å². The van der Waals surface area contributed by atoms with Crippen molar-refractivity contribution in [2.75, 3.05) is 0 Å². The SMILES string of the molecule is C=C\C=C/C(=C(\C)CCC1CC1)C(/C)=N/NC=C. The molecular weight excluding hydrogens is 220 g/mol. The van der Waals surface area contributed by atoms with Crippen LogP contribution >= 0.6 is 0 Å². The molecule has 0 aromatic heterocycles. The van der Waals surface area contributed by atoms with E-state index in [0.29, 0.717) is 0 Å². The summed E-state index contributed by atoms with van der Waals surface area (Å²) in [6, 6.07) is 0. The van der Waals surface area contributed by atoms with Gasteiger partial charge in [-0.25, -0.2) is 0 Å². The van der Waals surface area contributed by atoms with Gasteiger partial charge in [0.05, 0.1) is 5.71 Å². The monoisotopic (exact) mass is 244 g/mol. The maximum absolute atomic E-state index is 4.26. The molecule has 1 fully saturated rings. The minimum Gasteiger partial charge on any atom is -0.286 e. The lowest BCUT2D eigenvalue weighted by atomic mass is 9.99. The van der Waals surface area contributed by atoms with Gasteiger partial charge >= 0.3 is 0 Å². The Labute approximate surface area is 111 Å². The summed E-state index contributed by atoms with van der Waals surface area (Å²) in [5, 5.41) is 4.26. The summed E-state index contributed by atoms with van der Waals surface area (Å²) in [6.07, 6.45) is 12.7. The first-order chi connectivity index (χ1) is 8.69. The molecule has 2 nitrogen and oxygen atoms in total. The van der Waals surface area contributed by atoms with E-state index in [1.165, 1.54) is 30.4 Å². The van der Waals surface area contributed by atoms with Crippen LogP contribution in [0.25, 0.3) is 0 Å². The normalized spacial score (nSPS) is 17.6. The number of nitrogens with one attached hydrogen (secondary N) is 1. The first-order valence-corrected chi connectivity index (χ1v) is 6.59. The van der Waals surface area contributed by atoms with Crippen LogP contribution in [0.5, 0.6) is 0 Å². The Morgan fingerprint density at radius 1 is 1.33 bits per heavy atom. The van der Waals surface area contributed by atoms with Gasteiger partial charge in [0.1, 0.15) is 0 Å². The topological polar surface area (TPSA) is 24.4 Å². The van der Waals surface area contributed by atoms with E-state index in [4.69, 9.17) is 0 Å². The van der Waals surface area contributed by atoms with Crippen molar-refractivity contribution < 1.29 is 0 Å². The van der Waals surface area contributed by atoms with Gasteiger partial charge < -0.3 is 0 Å². The Morgan fingerprint density at radius 2 is 2.06 bits per heavy atom. The molecule has 1 N–H and O–H groups in total. The van der Waals surface area contributed by atoms with Crippen molar-refractivity contribution in [1.82, 2.24) is 5.43 Å². The maximum atomic E-state index is 4.26. The van der Waals surface area contributed by atoms with Crippen molar-refractivity contribution in [2.24, 2.45) is 11.0 Å². The smallest absolute Gasteiger partial charge is 0.0647 e. The van der Waals surface area contributed by atoms with Crippen molar-refractivity contribution >= 4 is 5.71 Å². The number of allylic oxidation sites excluding steroid dienone is 5. The van der Waals surface area contributed by atoms with Gasteiger partial charge in [0, 0.05) is 6.20 Å². The van der Waals surface area contributed by atoms with Gasteiger partial charge in [0.2, 0.25) is 0 Å². The van der Waals surface area contributed by atoms with Gasteiger partial charge in [-0.1, -0.05) is 49.8 Å². The molecule has 0 unspecified atom stereocenters. The molecule has 0 aliphatic heterocycles. The Hall–Kier alpha value is -1.57. The summed E-state index contributed by atoms with van der Waals surface area (Å²) in [5.41, 5.74) is 6.38. The van der Waals surface area contributed by atoms with E-state index in [1.807, 2.05) is 13.0 Å². The van der Waals surface area contributed by atoms with E-state index in [1.54, 1.807) is 12.3 Å². The average molecular weight is 244 g/mol. The van der Waals surface area contributed by atoms with Crippen LogP contribution in [-0.4, -0.2) is 5.71 Å². The van der Waals surface area contributed by atoms with Crippen molar-refractivity contribution in [3.05, 3.63) is 48.7 Å². The minimum atomic E-state index is 0.966. The zero-order valence-corrected chi connectivity index (χ0v) is 11.6. The van der Waals surface area contributed by atoms with E-state index in [-0.39, 0.29) is 0 Å². The third-order valence-corrected chi connectivity index (χ3v) is 3.20. The molecule has 0 heterocycles. The van der Waals surface area contributed by atoms with Crippen LogP contribution in [0.4, 0.5) is 0 Å². The molecule has 1 aliphatic rings. The molecule has 0 saturated heterocycles. The van der Waals surface area contributed by atoms with E-state index >= 15 is 0 Å². The van der Waals surface area contributed by atoms with E-state index in [2.05, 4.69) is 36.7 Å². The molecule has 1 aliphatic carbocycles. The molecular formula is C16H24N2. The predicted octanol–water partition coefficient (Wildman–Crippen LogP) is 4.34. The van der Waals surface area contributed by atoms with Crippen molar-refractivity contribution in [2.45, 2.75) is 39.5 Å². The Kier molecular flexibility index (Phi) is 6.20. The highest BCUT2D eigenvalue weighted by Gasteiger charge is 2.20. The molecule has 18 heavy (non-hydrogen) atoms. The summed E-state index contributed by atoms with van der Waals surface area (Å²) in [7, 11) is 0. The van der Waals surface area contributed by atoms with E-state index < -0.39 is 0 Å². The van der Waals surface area contributed by atoms with E-state index in [9.17, 15) is 0 Å². The second-order valence-electron chi connectivity index (χ2n) is 4.80. The third-order valence-electron chi connectivity index (χ3n) is 3.20. The largest absolute Gasteiger partial charge is 0.286 e. The Bertz CT molecular complexity index is 382. The number of nitrogens with zero attached hydrogens (tertiary/aromatic N) is 1. The number of hydrazone groups is 1. The third kappa shape index (κ3) is 5.17. The first-order valence-electron chi connectivity index (χ1n) is 6.59. The van der Waals surface area contributed by atoms with Gasteiger partial charge in [0.25, 0.3) is 0 Å². The molecule has 1 rings (SSSR count). The Morgan fingerprint density at radius 3 is 2.61 bits per heavy atom. The van der Waals surface area contributed by atoms with Gasteiger partial charge in [-0.05, 0) is 38.2 Å². The predicted molar refractivity (Wildman–Crippen MR) is 80.4 cm³/mol. The molecule has 1 saturated carbocycles. The standard InChI is InChI=1S/C16H24N2/c1-5-7-8-16(14(4)18-17-6-2)13(3)9-10-15-11-12-15/h5-8,15,17H,1-2,9-12H2,3-4H3/b8-7-,16-13-,18-14+. The zero-order chi connectivity index (χ0) is 13.4. The van der Waals surface area contributed by atoms with Crippen LogP contribution in [0.2, 0.25) is 0 Å². The molecule has 0 atom stereocenters. The number of hydrogen-bond donors (Lipinski definition) is 1. The van der Waals surface area contributed by atoms with Crippen LogP contribution in [0.3, 0.4) is 0 Å². The Balaban J connectivity index is 2.78. The summed E-state index contributed by atoms with van der Waals surface area (Å²) >= 11 is 0. The molecule has 0 radical (unpaired) electrons. The highest BCUT2D eigenvalue weighted by molar-refractivity contribution is 6.01. The van der Waals surface area contributed by atoms with Crippen molar-refractivity contribution in [3.8, 4) is 0 Å². The fourth-order valence-electron chi connectivity index (χ4n) is 1.90. The van der Waals surface area contributed by atoms with Crippen LogP contribution in [0, 0.1) is 5.92 Å². The van der Waals surface area contributed by atoms with Crippen molar-refractivity contribution in [3.63, 3.8) is 0 Å². The van der Waals surface area contributed by atoms with Crippen LogP contribution in [-0.2, 0) is 0 Å². The zero-order valence-electron chi connectivity index (χ0n) is 11.6. The van der Waals surface area contributed by atoms with Gasteiger partial charge in [0.15, 0.2) is 0 Å². The fraction of sp³-hybridized carbons (Fsp3) is 0.438. The second-order valence-corrected chi connectivity index (χ2v) is 4.80. The number of rotatable bonds is 8. The van der Waals surface area contributed by atoms with Gasteiger partial charge in [-0.3, -0.25) is 5.43 Å². The molecule has 0 spiro atoms. The summed E-state index contributed by atoms with van der Waals surface area (Å²) < 4.78 is 0. The molecule has 2 heteroatoms. The first kappa shape index (κ1) is 14.5. The lowest BCUT2D eigenvalue weighted by Gasteiger charge is -2.08. The average Bonchev–Trinajstić information content (AvgIpc) is 3.18. The lowest BCUT2D eigenvalue weighted by Crippen LogP contribution is -2.04. The van der Waals surface area contributed by atoms with Crippen molar-refractivity contribution in [1.29, 1.82) is 0 Å². The van der Waals surface area contributed by atoms with Crippen LogP contribution in [0.15, 0.2) is 53.8 Å². The minimum absolute atomic E-state index is 0.966. The molecule has 0 bridgehead atoms. The van der Waals surface area contributed by atoms with E-state index in [0.717, 1.165) is 18.1 Å². The lowest BCUT2D eigenvalue weighted by molar-refractivity contribution is 0.720. The highest BCUT2D eigenvalue weighted by Crippen LogP contribution is 2.35. The number of hydrogen-bond acceptors (Lipinski definition) is 2. The highest BCUT2D eigenvalue weighted by atomic mass is 15.3. The molecule has 0 aromatic rings. The van der Waals surface area contributed by atoms with Crippen LogP contribution in [0.1, 0.15) is 39.5 Å². The molecule has 98 valence electrons. The van der Waals surface area contributed by atoms with Gasteiger partial charge in [-0.15, -0.1) is 0 Å².